The molecular formula is C18H19F3N2O3. The molecule has 8 heteroatoms. The Morgan fingerprint density at radius 1 is 1.31 bits per heavy atom. The number of nitrogens with zero attached hydrogens (tertiary/aromatic N) is 2. The molecule has 0 radical (unpaired) electrons. The number of hydrogen-bond donors (Lipinski definition) is 0. The van der Waals surface area contributed by atoms with E-state index in [0.29, 0.717) is 12.0 Å². The van der Waals surface area contributed by atoms with Crippen LogP contribution in [0.5, 0.6) is 0 Å². The molecule has 0 atom stereocenters. The molecule has 1 aromatic heterocycles. The zero-order valence-electron chi connectivity index (χ0n) is 14.6. The smallest absolute Gasteiger partial charge is 0.416 e. The number of aromatic nitrogens is 2. The highest BCUT2D eigenvalue weighted by atomic mass is 19.4. The normalized spacial score (nSPS) is 12.1. The molecule has 1 aromatic carbocycles. The monoisotopic (exact) mass is 368 g/mol. The third-order valence-corrected chi connectivity index (χ3v) is 3.92. The Hall–Kier alpha value is -2.64. The number of aldehydes is 1. The number of benzene rings is 1. The molecule has 0 saturated heterocycles. The van der Waals surface area contributed by atoms with Crippen LogP contribution in [0.4, 0.5) is 13.2 Å². The van der Waals surface area contributed by atoms with Crippen LogP contribution in [0.25, 0.3) is 5.69 Å². The van der Waals surface area contributed by atoms with Crippen LogP contribution in [0, 0.1) is 0 Å². The molecule has 1 heterocycles. The van der Waals surface area contributed by atoms with Crippen LogP contribution in [-0.4, -0.2) is 28.6 Å². The SMILES string of the molecule is CCOC(=O)c1cnn(-c2cccc(C(F)(F)F)c2)c1C(C)(C)CC=O. The Balaban J connectivity index is 2.66. The van der Waals surface area contributed by atoms with Crippen molar-refractivity contribution in [1.29, 1.82) is 0 Å². The number of halogens is 3. The summed E-state index contributed by atoms with van der Waals surface area (Å²) in [5, 5.41) is 4.09. The first-order valence-corrected chi connectivity index (χ1v) is 7.98. The minimum Gasteiger partial charge on any atom is -0.462 e. The van der Waals surface area contributed by atoms with Gasteiger partial charge >= 0.3 is 12.1 Å². The van der Waals surface area contributed by atoms with Crippen molar-refractivity contribution in [3.8, 4) is 5.69 Å². The first kappa shape index (κ1) is 19.7. The summed E-state index contributed by atoms with van der Waals surface area (Å²) in [5.41, 5.74) is -1.08. The Morgan fingerprint density at radius 2 is 2.00 bits per heavy atom. The Bertz CT molecular complexity index is 810. The number of carbonyl (C=O) groups excluding carboxylic acids is 2. The van der Waals surface area contributed by atoms with E-state index >= 15 is 0 Å². The number of alkyl halides is 3. The first-order chi connectivity index (χ1) is 12.1. The molecular weight excluding hydrogens is 349 g/mol. The fourth-order valence-corrected chi connectivity index (χ4v) is 2.67. The molecule has 140 valence electrons. The maximum Gasteiger partial charge on any atom is 0.416 e. The predicted molar refractivity (Wildman–Crippen MR) is 88.2 cm³/mol. The number of esters is 1. The van der Waals surface area contributed by atoms with Crippen LogP contribution in [0.1, 0.15) is 48.8 Å². The molecule has 0 unspecified atom stereocenters. The van der Waals surface area contributed by atoms with Crippen molar-refractivity contribution < 1.29 is 27.5 Å². The van der Waals surface area contributed by atoms with Gasteiger partial charge in [-0.25, -0.2) is 9.48 Å². The summed E-state index contributed by atoms with van der Waals surface area (Å²) in [7, 11) is 0. The van der Waals surface area contributed by atoms with E-state index in [0.717, 1.165) is 12.1 Å². The molecule has 0 fully saturated rings. The molecule has 2 aromatic rings. The lowest BCUT2D eigenvalue weighted by Gasteiger charge is -2.25. The first-order valence-electron chi connectivity index (χ1n) is 7.98. The maximum absolute atomic E-state index is 13.0. The molecule has 2 rings (SSSR count). The van der Waals surface area contributed by atoms with E-state index in [1.807, 2.05) is 0 Å². The summed E-state index contributed by atoms with van der Waals surface area (Å²) in [6, 6.07) is 4.62. The third kappa shape index (κ3) is 3.95. The van der Waals surface area contributed by atoms with E-state index in [9.17, 15) is 22.8 Å². The van der Waals surface area contributed by atoms with Crippen LogP contribution < -0.4 is 0 Å². The van der Waals surface area contributed by atoms with E-state index in [1.54, 1.807) is 20.8 Å². The van der Waals surface area contributed by atoms with Gasteiger partial charge in [-0.3, -0.25) is 0 Å². The summed E-state index contributed by atoms with van der Waals surface area (Å²) in [6.07, 6.45) is -2.51. The Kier molecular flexibility index (Phi) is 5.53. The Morgan fingerprint density at radius 3 is 2.58 bits per heavy atom. The van der Waals surface area contributed by atoms with Crippen LogP contribution in [-0.2, 0) is 21.1 Å². The van der Waals surface area contributed by atoms with Crippen molar-refractivity contribution in [2.45, 2.75) is 38.8 Å². The largest absolute Gasteiger partial charge is 0.462 e. The highest BCUT2D eigenvalue weighted by Gasteiger charge is 2.34. The summed E-state index contributed by atoms with van der Waals surface area (Å²) in [5.74, 6) is -0.639. The molecule has 0 bridgehead atoms. The topological polar surface area (TPSA) is 61.2 Å². The standard InChI is InChI=1S/C18H19F3N2O3/c1-4-26-16(25)14-11-22-23(15(14)17(2,3)8-9-24)13-7-5-6-12(10-13)18(19,20)21/h5-7,9-11H,4,8H2,1-3H3. The highest BCUT2D eigenvalue weighted by Crippen LogP contribution is 2.34. The number of ether oxygens (including phenoxy) is 1. The molecule has 0 spiro atoms. The van der Waals surface area contributed by atoms with Gasteiger partial charge < -0.3 is 9.53 Å². The van der Waals surface area contributed by atoms with Gasteiger partial charge in [0.2, 0.25) is 0 Å². The van der Waals surface area contributed by atoms with E-state index in [4.69, 9.17) is 4.74 Å². The molecule has 0 aliphatic carbocycles. The maximum atomic E-state index is 13.0. The van der Waals surface area contributed by atoms with Gasteiger partial charge in [0, 0.05) is 11.8 Å². The van der Waals surface area contributed by atoms with Gasteiger partial charge in [0.25, 0.3) is 0 Å². The number of carbonyl (C=O) groups is 2. The molecule has 0 saturated carbocycles. The molecule has 0 aliphatic heterocycles. The van der Waals surface area contributed by atoms with Gasteiger partial charge in [-0.1, -0.05) is 19.9 Å². The van der Waals surface area contributed by atoms with Crippen molar-refractivity contribution in [2.24, 2.45) is 0 Å². The lowest BCUT2D eigenvalue weighted by atomic mass is 9.83. The van der Waals surface area contributed by atoms with Crippen LogP contribution in [0.15, 0.2) is 30.5 Å². The molecule has 5 nitrogen and oxygen atoms in total. The van der Waals surface area contributed by atoms with E-state index < -0.39 is 23.1 Å². The van der Waals surface area contributed by atoms with E-state index in [-0.39, 0.29) is 24.3 Å². The fourth-order valence-electron chi connectivity index (χ4n) is 2.67. The molecule has 0 N–H and O–H groups in total. The second-order valence-corrected chi connectivity index (χ2v) is 6.34. The van der Waals surface area contributed by atoms with Crippen molar-refractivity contribution >= 4 is 12.3 Å². The van der Waals surface area contributed by atoms with Gasteiger partial charge in [0.05, 0.1) is 29.7 Å². The lowest BCUT2D eigenvalue weighted by Crippen LogP contribution is -2.25. The van der Waals surface area contributed by atoms with Crippen molar-refractivity contribution in [1.82, 2.24) is 9.78 Å². The van der Waals surface area contributed by atoms with Crippen molar-refractivity contribution in [3.63, 3.8) is 0 Å². The summed E-state index contributed by atoms with van der Waals surface area (Å²) < 4.78 is 45.3. The van der Waals surface area contributed by atoms with Gasteiger partial charge in [-0.15, -0.1) is 0 Å². The Labute approximate surface area is 148 Å². The van der Waals surface area contributed by atoms with Gasteiger partial charge in [-0.2, -0.15) is 18.3 Å². The zero-order chi connectivity index (χ0) is 19.5. The summed E-state index contributed by atoms with van der Waals surface area (Å²) in [4.78, 5) is 23.3. The van der Waals surface area contributed by atoms with Crippen LogP contribution >= 0.6 is 0 Å². The second kappa shape index (κ2) is 7.31. The van der Waals surface area contributed by atoms with Gasteiger partial charge in [-0.05, 0) is 25.1 Å². The molecule has 0 amide bonds. The minimum absolute atomic E-state index is 0.0596. The third-order valence-electron chi connectivity index (χ3n) is 3.92. The van der Waals surface area contributed by atoms with Crippen molar-refractivity contribution in [2.75, 3.05) is 6.61 Å². The van der Waals surface area contributed by atoms with Crippen LogP contribution in [0.2, 0.25) is 0 Å². The average molecular weight is 368 g/mol. The molecule has 0 aliphatic rings. The van der Waals surface area contributed by atoms with Gasteiger partial charge in [0.15, 0.2) is 0 Å². The summed E-state index contributed by atoms with van der Waals surface area (Å²) in [6.45, 7) is 5.21. The predicted octanol–water partition coefficient (Wildman–Crippen LogP) is 3.93. The average Bonchev–Trinajstić information content (AvgIpc) is 3.00. The van der Waals surface area contributed by atoms with Gasteiger partial charge in [0.1, 0.15) is 11.8 Å². The van der Waals surface area contributed by atoms with E-state index in [2.05, 4.69) is 5.10 Å². The minimum atomic E-state index is -4.51. The zero-order valence-corrected chi connectivity index (χ0v) is 14.6. The fraction of sp³-hybridized carbons (Fsp3) is 0.389. The summed E-state index contributed by atoms with van der Waals surface area (Å²) >= 11 is 0. The highest BCUT2D eigenvalue weighted by molar-refractivity contribution is 5.91. The lowest BCUT2D eigenvalue weighted by molar-refractivity contribution is -0.137. The quantitative estimate of drug-likeness (QED) is 0.572. The number of hydrogen-bond acceptors (Lipinski definition) is 4. The second-order valence-electron chi connectivity index (χ2n) is 6.34. The van der Waals surface area contributed by atoms with E-state index in [1.165, 1.54) is 23.0 Å². The van der Waals surface area contributed by atoms with Crippen molar-refractivity contribution in [3.05, 3.63) is 47.3 Å². The number of rotatable bonds is 6. The molecule has 26 heavy (non-hydrogen) atoms. The van der Waals surface area contributed by atoms with Crippen LogP contribution in [0.3, 0.4) is 0 Å².